The molecule has 0 aliphatic carbocycles. The molecule has 0 fully saturated rings. The number of nitrogens with zero attached hydrogens (tertiary/aromatic N) is 1. The third-order valence-electron chi connectivity index (χ3n) is 4.73. The number of carbonyl (C=O) groups excluding carboxylic acids is 3. The van der Waals surface area contributed by atoms with Gasteiger partial charge in [-0.2, -0.15) is 0 Å². The number of amides is 1. The zero-order chi connectivity index (χ0) is 24.0. The molecule has 1 atom stereocenters. The summed E-state index contributed by atoms with van der Waals surface area (Å²) in [5, 5.41) is 4.78. The molecule has 1 amide bonds. The van der Waals surface area contributed by atoms with Crippen LogP contribution in [-0.4, -0.2) is 28.7 Å². The molecule has 0 aliphatic rings. The quantitative estimate of drug-likeness (QED) is 0.246. The maximum absolute atomic E-state index is 12.8. The summed E-state index contributed by atoms with van der Waals surface area (Å²) in [6, 6.07) is 13.7. The predicted octanol–water partition coefficient (Wildman–Crippen LogP) is 5.85. The van der Waals surface area contributed by atoms with Gasteiger partial charge < -0.3 is 10.1 Å². The molecule has 1 aromatic heterocycles. The van der Waals surface area contributed by atoms with Crippen LogP contribution >= 0.6 is 23.1 Å². The average molecular weight is 483 g/mol. The number of ketones is 1. The molecule has 6 nitrogen and oxygen atoms in total. The molecule has 2 aromatic carbocycles. The van der Waals surface area contributed by atoms with Crippen molar-refractivity contribution in [2.75, 3.05) is 5.32 Å². The number of nitrogens with one attached hydrogen (secondary N) is 1. The number of rotatable bonds is 8. The number of esters is 1. The van der Waals surface area contributed by atoms with Gasteiger partial charge >= 0.3 is 5.97 Å². The van der Waals surface area contributed by atoms with Gasteiger partial charge in [0.1, 0.15) is 0 Å². The highest BCUT2D eigenvalue weighted by Gasteiger charge is 2.23. The third kappa shape index (κ3) is 6.76. The second-order valence-corrected chi connectivity index (χ2v) is 10.2. The molecule has 33 heavy (non-hydrogen) atoms. The fourth-order valence-electron chi connectivity index (χ4n) is 2.77. The van der Waals surface area contributed by atoms with E-state index in [1.165, 1.54) is 23.1 Å². The number of thiazole rings is 1. The standard InChI is InChI=1S/C25H26N2O4S2/c1-16(22(28)17-9-11-18(12-10-17)27-24(30)25(2,3)4)31-23(29)20-7-5-6-8-21(20)33-14-19-13-32-15-26-19/h5-13,15-16H,14H2,1-4H3,(H,27,30)/t16-/m1/s1. The van der Waals surface area contributed by atoms with E-state index in [0.717, 1.165) is 10.6 Å². The van der Waals surface area contributed by atoms with E-state index in [0.29, 0.717) is 22.6 Å². The molecule has 0 aliphatic heterocycles. The minimum absolute atomic E-state index is 0.116. The van der Waals surface area contributed by atoms with Gasteiger partial charge in [0.05, 0.1) is 16.8 Å². The van der Waals surface area contributed by atoms with E-state index in [1.54, 1.807) is 48.8 Å². The van der Waals surface area contributed by atoms with Crippen LogP contribution in [0, 0.1) is 5.41 Å². The van der Waals surface area contributed by atoms with Crippen molar-refractivity contribution in [3.63, 3.8) is 0 Å². The lowest BCUT2D eigenvalue weighted by Crippen LogP contribution is -2.27. The number of aromatic nitrogens is 1. The van der Waals surface area contributed by atoms with E-state index in [-0.39, 0.29) is 11.7 Å². The molecular formula is C25H26N2O4S2. The summed E-state index contributed by atoms with van der Waals surface area (Å²) in [6.07, 6.45) is -0.955. The van der Waals surface area contributed by atoms with Crippen molar-refractivity contribution in [3.05, 3.63) is 76.2 Å². The van der Waals surface area contributed by atoms with Crippen molar-refractivity contribution in [1.29, 1.82) is 0 Å². The van der Waals surface area contributed by atoms with Gasteiger partial charge in [-0.3, -0.25) is 9.59 Å². The van der Waals surface area contributed by atoms with Crippen molar-refractivity contribution in [1.82, 2.24) is 4.98 Å². The highest BCUT2D eigenvalue weighted by Crippen LogP contribution is 2.27. The number of benzene rings is 2. The predicted molar refractivity (Wildman–Crippen MR) is 132 cm³/mol. The zero-order valence-corrected chi connectivity index (χ0v) is 20.6. The lowest BCUT2D eigenvalue weighted by Gasteiger charge is -2.18. The fourth-order valence-corrected chi connectivity index (χ4v) is 4.38. The Bertz CT molecular complexity index is 1120. The molecule has 0 saturated heterocycles. The van der Waals surface area contributed by atoms with Crippen LogP contribution in [0.15, 0.2) is 64.3 Å². The molecule has 1 heterocycles. The first-order valence-electron chi connectivity index (χ1n) is 10.4. The first-order chi connectivity index (χ1) is 15.6. The van der Waals surface area contributed by atoms with Crippen LogP contribution in [0.25, 0.3) is 0 Å². The number of carbonyl (C=O) groups is 3. The fraction of sp³-hybridized carbons (Fsp3) is 0.280. The van der Waals surface area contributed by atoms with Crippen molar-refractivity contribution < 1.29 is 19.1 Å². The molecule has 0 bridgehead atoms. The average Bonchev–Trinajstić information content (AvgIpc) is 3.31. The van der Waals surface area contributed by atoms with E-state index in [2.05, 4.69) is 10.3 Å². The molecule has 0 radical (unpaired) electrons. The summed E-state index contributed by atoms with van der Waals surface area (Å²) in [5.74, 6) is -0.341. The molecule has 3 rings (SSSR count). The maximum atomic E-state index is 12.8. The summed E-state index contributed by atoms with van der Waals surface area (Å²) < 4.78 is 5.48. The lowest BCUT2D eigenvalue weighted by atomic mass is 9.95. The van der Waals surface area contributed by atoms with Gasteiger partial charge in [0.15, 0.2) is 6.10 Å². The normalized spacial score (nSPS) is 12.1. The highest BCUT2D eigenvalue weighted by molar-refractivity contribution is 7.98. The third-order valence-corrected chi connectivity index (χ3v) is 6.47. The van der Waals surface area contributed by atoms with Crippen molar-refractivity contribution in [2.24, 2.45) is 5.41 Å². The molecule has 0 spiro atoms. The van der Waals surface area contributed by atoms with E-state index < -0.39 is 17.5 Å². The van der Waals surface area contributed by atoms with Crippen LogP contribution in [-0.2, 0) is 15.3 Å². The maximum Gasteiger partial charge on any atom is 0.339 e. The van der Waals surface area contributed by atoms with Crippen LogP contribution in [0.5, 0.6) is 0 Å². The number of hydrogen-bond acceptors (Lipinski definition) is 7. The monoisotopic (exact) mass is 482 g/mol. The van der Waals surface area contributed by atoms with Gasteiger partial charge in [0.25, 0.3) is 0 Å². The lowest BCUT2D eigenvalue weighted by molar-refractivity contribution is -0.123. The molecule has 172 valence electrons. The van der Waals surface area contributed by atoms with Crippen LogP contribution < -0.4 is 5.32 Å². The van der Waals surface area contributed by atoms with Gasteiger partial charge in [-0.15, -0.1) is 23.1 Å². The number of Topliss-reactive ketones (excluding diaryl/α,β-unsaturated/α-hetero) is 1. The number of ether oxygens (including phenoxy) is 1. The molecule has 1 N–H and O–H groups in total. The first kappa shape index (κ1) is 24.7. The second-order valence-electron chi connectivity index (χ2n) is 8.46. The zero-order valence-electron chi connectivity index (χ0n) is 19.0. The van der Waals surface area contributed by atoms with E-state index in [1.807, 2.05) is 38.3 Å². The Morgan fingerprint density at radius 1 is 1.09 bits per heavy atom. The molecule has 8 heteroatoms. The Hall–Kier alpha value is -2.97. The topological polar surface area (TPSA) is 85.4 Å². The Labute approximate surface area is 201 Å². The summed E-state index contributed by atoms with van der Waals surface area (Å²) in [4.78, 5) is 42.7. The number of anilines is 1. The van der Waals surface area contributed by atoms with E-state index >= 15 is 0 Å². The Balaban J connectivity index is 1.63. The van der Waals surface area contributed by atoms with Gasteiger partial charge in [-0.1, -0.05) is 32.9 Å². The van der Waals surface area contributed by atoms with E-state index in [9.17, 15) is 14.4 Å². The van der Waals surface area contributed by atoms with Crippen molar-refractivity contribution in [2.45, 2.75) is 44.4 Å². The van der Waals surface area contributed by atoms with Crippen LogP contribution in [0.1, 0.15) is 54.1 Å². The highest BCUT2D eigenvalue weighted by atomic mass is 32.2. The largest absolute Gasteiger partial charge is 0.451 e. The van der Waals surface area contributed by atoms with Gasteiger partial charge in [0, 0.05) is 32.7 Å². The first-order valence-corrected chi connectivity index (χ1v) is 12.3. The Kier molecular flexibility index (Phi) is 8.05. The molecular weight excluding hydrogens is 456 g/mol. The molecule has 0 unspecified atom stereocenters. The smallest absolute Gasteiger partial charge is 0.339 e. The number of hydrogen-bond donors (Lipinski definition) is 1. The summed E-state index contributed by atoms with van der Waals surface area (Å²) in [7, 11) is 0. The van der Waals surface area contributed by atoms with Crippen molar-refractivity contribution >= 4 is 46.4 Å². The SMILES string of the molecule is C[C@@H](OC(=O)c1ccccc1SCc1cscn1)C(=O)c1ccc(NC(=O)C(C)(C)C)cc1. The number of thioether (sulfide) groups is 1. The molecule has 0 saturated carbocycles. The van der Waals surface area contributed by atoms with E-state index in [4.69, 9.17) is 4.74 Å². The molecule has 3 aromatic rings. The van der Waals surface area contributed by atoms with Crippen LogP contribution in [0.4, 0.5) is 5.69 Å². The minimum atomic E-state index is -0.955. The summed E-state index contributed by atoms with van der Waals surface area (Å²) >= 11 is 3.02. The Morgan fingerprint density at radius 3 is 2.42 bits per heavy atom. The Morgan fingerprint density at radius 2 is 1.79 bits per heavy atom. The van der Waals surface area contributed by atoms with Crippen LogP contribution in [0.3, 0.4) is 0 Å². The second kappa shape index (κ2) is 10.8. The van der Waals surface area contributed by atoms with Gasteiger partial charge in [0.2, 0.25) is 11.7 Å². The van der Waals surface area contributed by atoms with Gasteiger partial charge in [-0.25, -0.2) is 9.78 Å². The minimum Gasteiger partial charge on any atom is -0.451 e. The summed E-state index contributed by atoms with van der Waals surface area (Å²) in [6.45, 7) is 7.03. The van der Waals surface area contributed by atoms with Gasteiger partial charge in [-0.05, 0) is 43.3 Å². The van der Waals surface area contributed by atoms with Crippen LogP contribution in [0.2, 0.25) is 0 Å². The summed E-state index contributed by atoms with van der Waals surface area (Å²) in [5.41, 5.74) is 3.61. The van der Waals surface area contributed by atoms with Crippen molar-refractivity contribution in [3.8, 4) is 0 Å².